The van der Waals surface area contributed by atoms with E-state index in [-0.39, 0.29) is 0 Å². The van der Waals surface area contributed by atoms with E-state index in [0.29, 0.717) is 0 Å². The molecule has 4 aromatic rings. The summed E-state index contributed by atoms with van der Waals surface area (Å²) in [5.41, 5.74) is 4.33. The number of fused-ring (bicyclic) bond motifs is 2. The molecule has 1 heterocycles. The first kappa shape index (κ1) is 14.2. The van der Waals surface area contributed by atoms with Gasteiger partial charge < -0.3 is 4.90 Å². The first-order valence-corrected chi connectivity index (χ1v) is 8.31. The predicted molar refractivity (Wildman–Crippen MR) is 101 cm³/mol. The molecule has 0 saturated carbocycles. The maximum absolute atomic E-state index is 4.82. The normalized spacial score (nSPS) is 11.0. The molecule has 0 fully saturated rings. The molecule has 0 aliphatic rings. The van der Waals surface area contributed by atoms with Crippen LogP contribution in [0.15, 0.2) is 77.3 Å². The van der Waals surface area contributed by atoms with Gasteiger partial charge in [-0.25, -0.2) is 4.98 Å². The van der Waals surface area contributed by atoms with Crippen LogP contribution in [0.2, 0.25) is 0 Å². The summed E-state index contributed by atoms with van der Waals surface area (Å²) in [6, 6.07) is 24.9. The highest BCUT2D eigenvalue weighted by molar-refractivity contribution is 9.10. The second-order valence-electron chi connectivity index (χ2n) is 5.51. The first-order valence-electron chi connectivity index (χ1n) is 7.51. The molecule has 3 aromatic carbocycles. The van der Waals surface area contributed by atoms with Crippen molar-refractivity contribution in [2.24, 2.45) is 0 Å². The van der Waals surface area contributed by atoms with Gasteiger partial charge in [-0.3, -0.25) is 0 Å². The molecular weight excluding hydrogens is 348 g/mol. The van der Waals surface area contributed by atoms with Crippen molar-refractivity contribution in [2.45, 2.75) is 0 Å². The zero-order valence-corrected chi connectivity index (χ0v) is 14.3. The summed E-state index contributed by atoms with van der Waals surface area (Å²) in [7, 11) is 2.11. The second-order valence-corrected chi connectivity index (χ2v) is 6.36. The van der Waals surface area contributed by atoms with Crippen LogP contribution < -0.4 is 4.90 Å². The van der Waals surface area contributed by atoms with E-state index in [1.54, 1.807) is 0 Å². The van der Waals surface area contributed by atoms with Crippen molar-refractivity contribution >= 4 is 49.1 Å². The van der Waals surface area contributed by atoms with Crippen molar-refractivity contribution in [3.63, 3.8) is 0 Å². The van der Waals surface area contributed by atoms with E-state index in [4.69, 9.17) is 4.98 Å². The Morgan fingerprint density at radius 2 is 1.48 bits per heavy atom. The molecule has 0 radical (unpaired) electrons. The van der Waals surface area contributed by atoms with Crippen molar-refractivity contribution in [2.75, 3.05) is 11.9 Å². The van der Waals surface area contributed by atoms with Gasteiger partial charge in [0.15, 0.2) is 0 Å². The minimum atomic E-state index is 0.996. The minimum Gasteiger partial charge on any atom is -0.343 e. The number of para-hydroxylation sites is 2. The van der Waals surface area contributed by atoms with Crippen molar-refractivity contribution in [3.05, 3.63) is 77.3 Å². The predicted octanol–water partition coefficient (Wildman–Crippen LogP) is 5.92. The number of pyridine rings is 1. The Balaban J connectivity index is 2.13. The third kappa shape index (κ3) is 2.37. The zero-order valence-electron chi connectivity index (χ0n) is 12.7. The maximum atomic E-state index is 4.82. The highest BCUT2D eigenvalue weighted by atomic mass is 79.9. The molecule has 0 spiro atoms. The Morgan fingerprint density at radius 3 is 2.30 bits per heavy atom. The molecule has 0 N–H and O–H groups in total. The van der Waals surface area contributed by atoms with E-state index in [9.17, 15) is 0 Å². The van der Waals surface area contributed by atoms with Gasteiger partial charge in [0.1, 0.15) is 0 Å². The van der Waals surface area contributed by atoms with E-state index >= 15 is 0 Å². The fourth-order valence-corrected chi connectivity index (χ4v) is 3.55. The van der Waals surface area contributed by atoms with Gasteiger partial charge >= 0.3 is 0 Å². The van der Waals surface area contributed by atoms with E-state index in [2.05, 4.69) is 82.5 Å². The molecule has 0 unspecified atom stereocenters. The van der Waals surface area contributed by atoms with E-state index in [1.807, 2.05) is 18.2 Å². The van der Waals surface area contributed by atoms with Crippen molar-refractivity contribution in [1.29, 1.82) is 0 Å². The largest absolute Gasteiger partial charge is 0.343 e. The number of anilines is 2. The Bertz CT molecular complexity index is 996. The fourth-order valence-electron chi connectivity index (χ4n) is 3.01. The molecule has 0 atom stereocenters. The van der Waals surface area contributed by atoms with Crippen LogP contribution in [0.3, 0.4) is 0 Å². The number of rotatable bonds is 2. The molecule has 0 aliphatic carbocycles. The number of nitrogens with zero attached hydrogens (tertiary/aromatic N) is 2. The first-order chi connectivity index (χ1) is 11.3. The fraction of sp³-hybridized carbons (Fsp3) is 0.0500. The van der Waals surface area contributed by atoms with Gasteiger partial charge in [0, 0.05) is 28.0 Å². The van der Waals surface area contributed by atoms with Crippen LogP contribution in [-0.2, 0) is 0 Å². The summed E-state index contributed by atoms with van der Waals surface area (Å²) in [6.07, 6.45) is 0. The van der Waals surface area contributed by atoms with Gasteiger partial charge in [-0.15, -0.1) is 0 Å². The maximum Gasteiger partial charge on any atom is 0.0742 e. The molecule has 0 amide bonds. The third-order valence-electron chi connectivity index (χ3n) is 4.11. The Labute approximate surface area is 143 Å². The minimum absolute atomic E-state index is 0.996. The van der Waals surface area contributed by atoms with E-state index in [0.717, 1.165) is 32.0 Å². The summed E-state index contributed by atoms with van der Waals surface area (Å²) in [5, 5.41) is 2.29. The highest BCUT2D eigenvalue weighted by Gasteiger charge is 2.15. The molecule has 23 heavy (non-hydrogen) atoms. The lowest BCUT2D eigenvalue weighted by Crippen LogP contribution is -2.11. The standard InChI is InChI=1S/C20H15BrN2/c1-23(14-8-3-2-4-9-14)20-15-10-5-6-12-17(15)22-18-13-7-11-16(21)19(18)20/h2-13H,1H3. The van der Waals surface area contributed by atoms with Gasteiger partial charge in [0.2, 0.25) is 0 Å². The monoisotopic (exact) mass is 362 g/mol. The average molecular weight is 363 g/mol. The van der Waals surface area contributed by atoms with Crippen molar-refractivity contribution in [1.82, 2.24) is 4.98 Å². The average Bonchev–Trinajstić information content (AvgIpc) is 2.60. The van der Waals surface area contributed by atoms with E-state index < -0.39 is 0 Å². The number of hydrogen-bond donors (Lipinski definition) is 0. The van der Waals surface area contributed by atoms with Crippen molar-refractivity contribution < 1.29 is 0 Å². The number of benzene rings is 3. The number of halogens is 1. The topological polar surface area (TPSA) is 16.1 Å². The molecule has 1 aromatic heterocycles. The summed E-state index contributed by atoms with van der Waals surface area (Å²) < 4.78 is 1.06. The molecule has 0 bridgehead atoms. The summed E-state index contributed by atoms with van der Waals surface area (Å²) >= 11 is 3.71. The zero-order chi connectivity index (χ0) is 15.8. The van der Waals surface area contributed by atoms with E-state index in [1.165, 1.54) is 5.69 Å². The van der Waals surface area contributed by atoms with Gasteiger partial charge in [-0.05, 0) is 30.3 Å². The van der Waals surface area contributed by atoms with Gasteiger partial charge in [-0.1, -0.05) is 58.4 Å². The summed E-state index contributed by atoms with van der Waals surface area (Å²) in [5.74, 6) is 0. The highest BCUT2D eigenvalue weighted by Crippen LogP contribution is 2.39. The molecular formula is C20H15BrN2. The van der Waals surface area contributed by atoms with Crippen LogP contribution >= 0.6 is 15.9 Å². The second kappa shape index (κ2) is 5.67. The Morgan fingerprint density at radius 1 is 0.783 bits per heavy atom. The van der Waals surface area contributed by atoms with Crippen LogP contribution in [0.25, 0.3) is 21.8 Å². The molecule has 3 heteroatoms. The third-order valence-corrected chi connectivity index (χ3v) is 4.77. The van der Waals surface area contributed by atoms with Gasteiger partial charge in [0.25, 0.3) is 0 Å². The Hall–Kier alpha value is -2.39. The van der Waals surface area contributed by atoms with Crippen LogP contribution in [0.1, 0.15) is 0 Å². The molecule has 112 valence electrons. The molecule has 0 aliphatic heterocycles. The number of hydrogen-bond acceptors (Lipinski definition) is 2. The van der Waals surface area contributed by atoms with Crippen LogP contribution in [-0.4, -0.2) is 12.0 Å². The van der Waals surface area contributed by atoms with Crippen molar-refractivity contribution in [3.8, 4) is 0 Å². The molecule has 0 saturated heterocycles. The smallest absolute Gasteiger partial charge is 0.0742 e. The summed E-state index contributed by atoms with van der Waals surface area (Å²) in [6.45, 7) is 0. The van der Waals surface area contributed by atoms with Gasteiger partial charge in [-0.2, -0.15) is 0 Å². The SMILES string of the molecule is CN(c1ccccc1)c1c2ccccc2nc2cccc(Br)c12. The number of aromatic nitrogens is 1. The quantitative estimate of drug-likeness (QED) is 0.411. The lowest BCUT2D eigenvalue weighted by Gasteiger charge is -2.23. The Kier molecular flexibility index (Phi) is 3.50. The lowest BCUT2D eigenvalue weighted by atomic mass is 10.1. The van der Waals surface area contributed by atoms with Crippen LogP contribution in [0, 0.1) is 0 Å². The molecule has 2 nitrogen and oxygen atoms in total. The summed E-state index contributed by atoms with van der Waals surface area (Å²) in [4.78, 5) is 7.05. The molecule has 4 rings (SSSR count). The lowest BCUT2D eigenvalue weighted by molar-refractivity contribution is 1.23. The van der Waals surface area contributed by atoms with Crippen LogP contribution in [0.4, 0.5) is 11.4 Å². The van der Waals surface area contributed by atoms with Gasteiger partial charge in [0.05, 0.1) is 16.7 Å². The van der Waals surface area contributed by atoms with Crippen LogP contribution in [0.5, 0.6) is 0 Å².